The normalized spacial score (nSPS) is 11.1. The first kappa shape index (κ1) is 19.8. The number of aliphatic hydroxyl groups is 1. The molecule has 0 aliphatic heterocycles. The molecule has 0 aliphatic carbocycles. The lowest BCUT2D eigenvalue weighted by Gasteiger charge is -2.25. The lowest BCUT2D eigenvalue weighted by molar-refractivity contribution is 0.0411. The van der Waals surface area contributed by atoms with Gasteiger partial charge in [0.1, 0.15) is 34.5 Å². The maximum Gasteiger partial charge on any atom is 0.368 e. The van der Waals surface area contributed by atoms with Gasteiger partial charge in [0.25, 0.3) is 0 Å². The molecule has 150 valence electrons. The molecule has 0 unspecified atom stereocenters. The van der Waals surface area contributed by atoms with Crippen LogP contribution in [-0.2, 0) is 7.05 Å². The topological polar surface area (TPSA) is 170 Å². The van der Waals surface area contributed by atoms with Crippen LogP contribution in [0.25, 0.3) is 5.69 Å². The molecule has 1 aromatic carbocycles. The fraction of sp³-hybridized carbons (Fsp3) is 0.294. The molecular weight excluding hydrogens is 378 g/mol. The fourth-order valence-electron chi connectivity index (χ4n) is 2.31. The molecule has 12 heteroatoms. The molecule has 0 atom stereocenters. The minimum atomic E-state index is -0.889. The second kappa shape index (κ2) is 7.56. The number of hydrogen-bond acceptors (Lipinski definition) is 10. The molecule has 2 heterocycles. The number of ether oxygens (including phenoxy) is 1. The van der Waals surface area contributed by atoms with E-state index in [9.17, 15) is 9.90 Å². The largest absolute Gasteiger partial charge is 0.483 e. The van der Waals surface area contributed by atoms with E-state index in [0.717, 1.165) is 9.36 Å². The molecule has 0 radical (unpaired) electrons. The number of hydrogen-bond donors (Lipinski definition) is 3. The van der Waals surface area contributed by atoms with Crippen LogP contribution in [0.4, 0.5) is 17.5 Å². The van der Waals surface area contributed by atoms with Gasteiger partial charge in [-0.15, -0.1) is 0 Å². The zero-order valence-corrected chi connectivity index (χ0v) is 16.0. The minimum absolute atomic E-state index is 0.0417. The van der Waals surface area contributed by atoms with Crippen LogP contribution >= 0.6 is 0 Å². The molecule has 4 N–H and O–H groups in total. The van der Waals surface area contributed by atoms with E-state index < -0.39 is 11.3 Å². The predicted octanol–water partition coefficient (Wildman–Crippen LogP) is 0.103. The maximum absolute atomic E-state index is 12.3. The van der Waals surface area contributed by atoms with Gasteiger partial charge in [-0.25, -0.2) is 9.78 Å². The van der Waals surface area contributed by atoms with Crippen molar-refractivity contribution in [2.24, 2.45) is 7.05 Å². The Morgan fingerprint density at radius 3 is 2.72 bits per heavy atom. The Balaban J connectivity index is 2.03. The lowest BCUT2D eigenvalue weighted by atomic mass is 10.1. The zero-order valence-electron chi connectivity index (χ0n) is 16.0. The van der Waals surface area contributed by atoms with Crippen molar-refractivity contribution in [1.29, 1.82) is 5.26 Å². The second-order valence-corrected chi connectivity index (χ2v) is 6.73. The Morgan fingerprint density at radius 1 is 1.38 bits per heavy atom. The molecule has 0 bridgehead atoms. The second-order valence-electron chi connectivity index (χ2n) is 6.73. The van der Waals surface area contributed by atoms with Crippen molar-refractivity contribution in [3.63, 3.8) is 0 Å². The highest BCUT2D eigenvalue weighted by molar-refractivity contribution is 5.63. The van der Waals surface area contributed by atoms with Gasteiger partial charge in [-0.1, -0.05) is 0 Å². The van der Waals surface area contributed by atoms with E-state index in [1.165, 1.54) is 13.2 Å². The number of tetrazole rings is 1. The van der Waals surface area contributed by atoms with Gasteiger partial charge in [0, 0.05) is 12.7 Å². The van der Waals surface area contributed by atoms with Crippen molar-refractivity contribution in [3.8, 4) is 17.5 Å². The van der Waals surface area contributed by atoms with Crippen LogP contribution in [0.2, 0.25) is 0 Å². The quantitative estimate of drug-likeness (QED) is 0.518. The number of rotatable bonds is 6. The number of aliphatic hydroxyl groups excluding tert-OH is 1. The summed E-state index contributed by atoms with van der Waals surface area (Å²) in [6, 6.07) is 6.77. The Bertz CT molecular complexity index is 1140. The van der Waals surface area contributed by atoms with E-state index in [1.54, 1.807) is 32.0 Å². The van der Waals surface area contributed by atoms with E-state index in [2.05, 4.69) is 25.7 Å². The van der Waals surface area contributed by atoms with Crippen LogP contribution < -0.4 is 21.5 Å². The molecule has 3 aromatic rings. The van der Waals surface area contributed by atoms with Crippen molar-refractivity contribution in [2.45, 2.75) is 19.4 Å². The number of nitrogens with zero attached hydrogens (tertiary/aromatic N) is 7. The number of nitrogen functional groups attached to an aromatic ring is 1. The molecule has 0 aliphatic rings. The summed E-state index contributed by atoms with van der Waals surface area (Å²) in [6.07, 6.45) is 1.31. The van der Waals surface area contributed by atoms with E-state index in [0.29, 0.717) is 17.1 Å². The van der Waals surface area contributed by atoms with Crippen LogP contribution in [0.15, 0.2) is 29.2 Å². The van der Waals surface area contributed by atoms with Crippen LogP contribution in [0.1, 0.15) is 19.4 Å². The summed E-state index contributed by atoms with van der Waals surface area (Å²) in [4.78, 5) is 20.4. The van der Waals surface area contributed by atoms with Crippen molar-refractivity contribution in [1.82, 2.24) is 29.8 Å². The van der Waals surface area contributed by atoms with Crippen molar-refractivity contribution < 1.29 is 9.84 Å². The average Bonchev–Trinajstić information content (AvgIpc) is 3.02. The molecule has 0 fully saturated rings. The molecule has 2 aromatic heterocycles. The Labute approximate surface area is 165 Å². The third-order valence-corrected chi connectivity index (χ3v) is 3.87. The summed E-state index contributed by atoms with van der Waals surface area (Å²) in [5.74, 6) is 0.528. The molecule has 0 amide bonds. The monoisotopic (exact) mass is 397 g/mol. The highest BCUT2D eigenvalue weighted by Crippen LogP contribution is 2.29. The summed E-state index contributed by atoms with van der Waals surface area (Å²) < 4.78 is 8.00. The maximum atomic E-state index is 12.3. The predicted molar refractivity (Wildman–Crippen MR) is 103 cm³/mol. The number of nitrogens with two attached hydrogens (primary N) is 1. The average molecular weight is 397 g/mol. The van der Waals surface area contributed by atoms with Crippen LogP contribution in [0, 0.1) is 11.3 Å². The Kier molecular flexibility index (Phi) is 5.16. The van der Waals surface area contributed by atoms with E-state index in [1.807, 2.05) is 6.07 Å². The van der Waals surface area contributed by atoms with Crippen molar-refractivity contribution >= 4 is 17.5 Å². The van der Waals surface area contributed by atoms with Gasteiger partial charge in [-0.2, -0.15) is 19.6 Å². The SMILES string of the molecule is Cn1nnn(-c2cc(Nc3ncc(C#N)c(N)n3)ccc2OC(C)(C)CO)c1=O. The Hall–Kier alpha value is -3.98. The first-order chi connectivity index (χ1) is 13.7. The number of nitriles is 1. The number of aromatic nitrogens is 6. The molecule has 0 saturated carbocycles. The smallest absolute Gasteiger partial charge is 0.368 e. The van der Waals surface area contributed by atoms with E-state index in [-0.39, 0.29) is 23.9 Å². The van der Waals surface area contributed by atoms with Crippen LogP contribution in [0.5, 0.6) is 5.75 Å². The standard InChI is InChI=1S/C17H19N9O3/c1-17(2,9-27)29-13-5-4-11(6-12(13)26-16(28)25(3)23-24-26)21-15-20-8-10(7-18)14(19)22-15/h4-6,8,27H,9H2,1-3H3,(H3,19,20,21,22). The molecule has 0 saturated heterocycles. The van der Waals surface area contributed by atoms with Gasteiger partial charge >= 0.3 is 5.69 Å². The molecular formula is C17H19N9O3. The summed E-state index contributed by atoms with van der Waals surface area (Å²) >= 11 is 0. The number of anilines is 3. The van der Waals surface area contributed by atoms with Crippen LogP contribution in [-0.4, -0.2) is 47.1 Å². The first-order valence-electron chi connectivity index (χ1n) is 8.47. The van der Waals surface area contributed by atoms with Gasteiger partial charge < -0.3 is 20.9 Å². The fourth-order valence-corrected chi connectivity index (χ4v) is 2.31. The van der Waals surface area contributed by atoms with Gasteiger partial charge in [-0.3, -0.25) is 0 Å². The zero-order chi connectivity index (χ0) is 21.2. The van der Waals surface area contributed by atoms with Gasteiger partial charge in [0.2, 0.25) is 5.95 Å². The highest BCUT2D eigenvalue weighted by Gasteiger charge is 2.22. The number of aryl methyl sites for hydroxylation is 1. The van der Waals surface area contributed by atoms with E-state index >= 15 is 0 Å². The first-order valence-corrected chi connectivity index (χ1v) is 8.47. The van der Waals surface area contributed by atoms with Gasteiger partial charge in [-0.05, 0) is 42.5 Å². The summed E-state index contributed by atoms with van der Waals surface area (Å²) in [7, 11) is 1.47. The molecule has 12 nitrogen and oxygen atoms in total. The number of nitrogens with one attached hydrogen (secondary N) is 1. The summed E-state index contributed by atoms with van der Waals surface area (Å²) in [6.45, 7) is 3.17. The van der Waals surface area contributed by atoms with Crippen molar-refractivity contribution in [3.05, 3.63) is 40.4 Å². The highest BCUT2D eigenvalue weighted by atomic mass is 16.5. The Morgan fingerprint density at radius 2 is 2.14 bits per heavy atom. The lowest BCUT2D eigenvalue weighted by Crippen LogP contribution is -2.33. The number of benzene rings is 1. The summed E-state index contributed by atoms with van der Waals surface area (Å²) in [5, 5.41) is 28.9. The molecule has 3 rings (SSSR count). The van der Waals surface area contributed by atoms with Crippen molar-refractivity contribution in [2.75, 3.05) is 17.7 Å². The van der Waals surface area contributed by atoms with Gasteiger partial charge in [0.05, 0.1) is 12.8 Å². The summed E-state index contributed by atoms with van der Waals surface area (Å²) in [5.41, 5.74) is 5.32. The molecule has 0 spiro atoms. The van der Waals surface area contributed by atoms with E-state index in [4.69, 9.17) is 15.7 Å². The molecule has 29 heavy (non-hydrogen) atoms. The van der Waals surface area contributed by atoms with Gasteiger partial charge in [0.15, 0.2) is 0 Å². The minimum Gasteiger partial charge on any atom is -0.483 e. The third-order valence-electron chi connectivity index (χ3n) is 3.87. The third kappa shape index (κ3) is 4.14. The van der Waals surface area contributed by atoms with Crippen LogP contribution in [0.3, 0.4) is 0 Å².